The molecule has 0 bridgehead atoms. The third-order valence-corrected chi connectivity index (χ3v) is 4.69. The molecule has 1 nitrogen and oxygen atoms in total. The lowest BCUT2D eigenvalue weighted by Crippen LogP contribution is -2.41. The zero-order chi connectivity index (χ0) is 13.0. The quantitative estimate of drug-likeness (QED) is 0.856. The van der Waals surface area contributed by atoms with Crippen LogP contribution in [0.1, 0.15) is 38.7 Å². The number of rotatable bonds is 4. The number of nitrogens with one attached hydrogen (secondary N) is 1. The largest absolute Gasteiger partial charge is 0.313 e. The fourth-order valence-electron chi connectivity index (χ4n) is 2.92. The molecule has 0 amide bonds. The van der Waals surface area contributed by atoms with Gasteiger partial charge < -0.3 is 5.32 Å². The van der Waals surface area contributed by atoms with Crippen LogP contribution in [0.15, 0.2) is 24.3 Å². The third kappa shape index (κ3) is 3.73. The molecule has 2 rings (SSSR count). The lowest BCUT2D eigenvalue weighted by Gasteiger charge is -2.34. The summed E-state index contributed by atoms with van der Waals surface area (Å²) < 4.78 is 0. The summed E-state index contributed by atoms with van der Waals surface area (Å²) in [4.78, 5) is 0. The van der Waals surface area contributed by atoms with Crippen LogP contribution in [0.3, 0.4) is 0 Å². The average Bonchev–Trinajstić information content (AvgIpc) is 2.37. The van der Waals surface area contributed by atoms with E-state index in [1.54, 1.807) is 0 Å². The maximum Gasteiger partial charge on any atom is 0.0406 e. The molecule has 1 aromatic carbocycles. The minimum atomic E-state index is 0.709. The van der Waals surface area contributed by atoms with Crippen molar-refractivity contribution in [1.29, 1.82) is 0 Å². The Balaban J connectivity index is 1.76. The topological polar surface area (TPSA) is 12.0 Å². The second-order valence-corrected chi connectivity index (χ2v) is 6.14. The molecule has 1 saturated carbocycles. The Morgan fingerprint density at radius 2 is 1.89 bits per heavy atom. The smallest absolute Gasteiger partial charge is 0.0406 e. The average molecular weight is 266 g/mol. The molecule has 3 atom stereocenters. The van der Waals surface area contributed by atoms with E-state index in [2.05, 4.69) is 31.3 Å². The van der Waals surface area contributed by atoms with Crippen LogP contribution < -0.4 is 5.32 Å². The first-order valence-corrected chi connectivity index (χ1v) is 7.52. The second-order valence-electron chi connectivity index (χ2n) is 5.70. The van der Waals surface area contributed by atoms with E-state index >= 15 is 0 Å². The molecule has 2 heteroatoms. The summed E-state index contributed by atoms with van der Waals surface area (Å²) in [6.07, 6.45) is 5.21. The van der Waals surface area contributed by atoms with Gasteiger partial charge in [-0.05, 0) is 48.9 Å². The van der Waals surface area contributed by atoms with Crippen molar-refractivity contribution in [3.63, 3.8) is 0 Å². The zero-order valence-electron chi connectivity index (χ0n) is 11.5. The van der Waals surface area contributed by atoms with Crippen molar-refractivity contribution >= 4 is 11.6 Å². The standard InChI is InChI=1S/C16H24ClN/c1-12-4-3-5-16(13(12)2)18-11-10-14-6-8-15(17)9-7-14/h6-9,12-13,16,18H,3-5,10-11H2,1-2H3. The minimum Gasteiger partial charge on any atom is -0.313 e. The molecule has 1 fully saturated rings. The van der Waals surface area contributed by atoms with E-state index in [1.807, 2.05) is 12.1 Å². The van der Waals surface area contributed by atoms with Crippen LogP contribution in [0.25, 0.3) is 0 Å². The van der Waals surface area contributed by atoms with E-state index in [-0.39, 0.29) is 0 Å². The van der Waals surface area contributed by atoms with Crippen molar-refractivity contribution in [2.45, 2.75) is 45.6 Å². The Labute approximate surface area is 116 Å². The van der Waals surface area contributed by atoms with E-state index in [4.69, 9.17) is 11.6 Å². The number of halogens is 1. The molecule has 0 spiro atoms. The molecule has 1 N–H and O–H groups in total. The monoisotopic (exact) mass is 265 g/mol. The SMILES string of the molecule is CC1CCCC(NCCc2ccc(Cl)cc2)C1C. The highest BCUT2D eigenvalue weighted by Crippen LogP contribution is 2.29. The molecule has 0 heterocycles. The molecule has 1 aliphatic carbocycles. The summed E-state index contributed by atoms with van der Waals surface area (Å²) in [7, 11) is 0. The lowest BCUT2D eigenvalue weighted by atomic mass is 9.78. The maximum absolute atomic E-state index is 5.89. The van der Waals surface area contributed by atoms with Crippen LogP contribution in [-0.2, 0) is 6.42 Å². The highest BCUT2D eigenvalue weighted by molar-refractivity contribution is 6.30. The normalized spacial score (nSPS) is 28.3. The van der Waals surface area contributed by atoms with Crippen molar-refractivity contribution < 1.29 is 0 Å². The Kier molecular flexibility index (Phi) is 5.08. The summed E-state index contributed by atoms with van der Waals surface area (Å²) in [5.41, 5.74) is 1.36. The van der Waals surface area contributed by atoms with Gasteiger partial charge in [0.2, 0.25) is 0 Å². The first-order chi connectivity index (χ1) is 8.66. The predicted molar refractivity (Wildman–Crippen MR) is 79.1 cm³/mol. The van der Waals surface area contributed by atoms with E-state index in [0.717, 1.165) is 29.8 Å². The van der Waals surface area contributed by atoms with Gasteiger partial charge in [0.15, 0.2) is 0 Å². The number of hydrogen-bond acceptors (Lipinski definition) is 1. The predicted octanol–water partition coefficient (Wildman–Crippen LogP) is 4.30. The van der Waals surface area contributed by atoms with Gasteiger partial charge in [-0.15, -0.1) is 0 Å². The Bertz CT molecular complexity index is 360. The molecule has 100 valence electrons. The van der Waals surface area contributed by atoms with Gasteiger partial charge in [0, 0.05) is 11.1 Å². The van der Waals surface area contributed by atoms with Crippen LogP contribution in [0.2, 0.25) is 5.02 Å². The number of hydrogen-bond donors (Lipinski definition) is 1. The molecule has 0 aliphatic heterocycles. The summed E-state index contributed by atoms with van der Waals surface area (Å²) in [5.74, 6) is 1.68. The van der Waals surface area contributed by atoms with Gasteiger partial charge in [-0.1, -0.05) is 50.4 Å². The van der Waals surface area contributed by atoms with Crippen molar-refractivity contribution in [3.8, 4) is 0 Å². The molecule has 1 aromatic rings. The molecule has 3 unspecified atom stereocenters. The third-order valence-electron chi connectivity index (χ3n) is 4.44. The summed E-state index contributed by atoms with van der Waals surface area (Å²) in [5, 5.41) is 4.55. The van der Waals surface area contributed by atoms with E-state index in [0.29, 0.717) is 6.04 Å². The van der Waals surface area contributed by atoms with Crippen molar-refractivity contribution in [2.75, 3.05) is 6.54 Å². The second kappa shape index (κ2) is 6.58. The van der Waals surface area contributed by atoms with Gasteiger partial charge in [0.05, 0.1) is 0 Å². The van der Waals surface area contributed by atoms with Gasteiger partial charge in [0.1, 0.15) is 0 Å². The van der Waals surface area contributed by atoms with Crippen LogP contribution >= 0.6 is 11.6 Å². The van der Waals surface area contributed by atoms with E-state index in [9.17, 15) is 0 Å². The number of benzene rings is 1. The lowest BCUT2D eigenvalue weighted by molar-refractivity contribution is 0.208. The van der Waals surface area contributed by atoms with E-state index < -0.39 is 0 Å². The molecule has 0 saturated heterocycles. The molecular weight excluding hydrogens is 242 g/mol. The van der Waals surface area contributed by atoms with Gasteiger partial charge in [0.25, 0.3) is 0 Å². The summed E-state index contributed by atoms with van der Waals surface area (Å²) in [6, 6.07) is 8.90. The van der Waals surface area contributed by atoms with Crippen LogP contribution in [-0.4, -0.2) is 12.6 Å². The minimum absolute atomic E-state index is 0.709. The van der Waals surface area contributed by atoms with Gasteiger partial charge >= 0.3 is 0 Å². The summed E-state index contributed by atoms with van der Waals surface area (Å²) >= 11 is 5.89. The van der Waals surface area contributed by atoms with Crippen molar-refractivity contribution in [1.82, 2.24) is 5.32 Å². The Morgan fingerprint density at radius 1 is 1.17 bits per heavy atom. The molecule has 0 aromatic heterocycles. The highest BCUT2D eigenvalue weighted by atomic mass is 35.5. The van der Waals surface area contributed by atoms with Crippen molar-refractivity contribution in [2.24, 2.45) is 11.8 Å². The highest BCUT2D eigenvalue weighted by Gasteiger charge is 2.26. The fourth-order valence-corrected chi connectivity index (χ4v) is 3.05. The Hall–Kier alpha value is -0.530. The van der Waals surface area contributed by atoms with Crippen molar-refractivity contribution in [3.05, 3.63) is 34.9 Å². The summed E-state index contributed by atoms with van der Waals surface area (Å²) in [6.45, 7) is 5.85. The molecular formula is C16H24ClN. The van der Waals surface area contributed by atoms with E-state index in [1.165, 1.54) is 24.8 Å². The molecule has 18 heavy (non-hydrogen) atoms. The van der Waals surface area contributed by atoms with Gasteiger partial charge in [-0.25, -0.2) is 0 Å². The first kappa shape index (κ1) is 13.9. The maximum atomic E-state index is 5.89. The first-order valence-electron chi connectivity index (χ1n) is 7.14. The Morgan fingerprint density at radius 3 is 2.61 bits per heavy atom. The van der Waals surface area contributed by atoms with Gasteiger partial charge in [-0.3, -0.25) is 0 Å². The fraction of sp³-hybridized carbons (Fsp3) is 0.625. The molecule has 0 radical (unpaired) electrons. The van der Waals surface area contributed by atoms with Crippen LogP contribution in [0.5, 0.6) is 0 Å². The zero-order valence-corrected chi connectivity index (χ0v) is 12.2. The van der Waals surface area contributed by atoms with Crippen LogP contribution in [0.4, 0.5) is 0 Å². The van der Waals surface area contributed by atoms with Gasteiger partial charge in [-0.2, -0.15) is 0 Å². The van der Waals surface area contributed by atoms with Crippen LogP contribution in [0, 0.1) is 11.8 Å². The molecule has 1 aliphatic rings.